The topological polar surface area (TPSA) is 29.5 Å². The minimum Gasteiger partial charge on any atom is -0.378 e. The van der Waals surface area contributed by atoms with Gasteiger partial charge in [-0.05, 0) is 29.3 Å². The van der Waals surface area contributed by atoms with E-state index in [0.717, 1.165) is 16.7 Å². The maximum absolute atomic E-state index is 12.3. The van der Waals surface area contributed by atoms with Gasteiger partial charge in [-0.15, -0.1) is 0 Å². The van der Waals surface area contributed by atoms with Gasteiger partial charge in [0.05, 0.1) is 13.2 Å². The molecule has 0 atom stereocenters. The van der Waals surface area contributed by atoms with Crippen molar-refractivity contribution >= 4 is 5.91 Å². The summed E-state index contributed by atoms with van der Waals surface area (Å²) in [4.78, 5) is 14.2. The zero-order valence-corrected chi connectivity index (χ0v) is 11.2. The highest BCUT2D eigenvalue weighted by Gasteiger charge is 2.18. The van der Waals surface area contributed by atoms with Crippen molar-refractivity contribution in [1.82, 2.24) is 4.90 Å². The average Bonchev–Trinajstić information content (AvgIpc) is 2.56. The van der Waals surface area contributed by atoms with Crippen LogP contribution in [0.2, 0.25) is 0 Å². The number of amides is 1. The van der Waals surface area contributed by atoms with E-state index < -0.39 is 0 Å². The van der Waals surface area contributed by atoms with Gasteiger partial charge in [0.15, 0.2) is 0 Å². The maximum atomic E-state index is 12.3. The highest BCUT2D eigenvalue weighted by molar-refractivity contribution is 5.94. The van der Waals surface area contributed by atoms with Crippen LogP contribution in [0.1, 0.15) is 10.4 Å². The first-order valence-corrected chi connectivity index (χ1v) is 6.79. The Labute approximate surface area is 118 Å². The first-order valence-electron chi connectivity index (χ1n) is 6.79. The summed E-state index contributed by atoms with van der Waals surface area (Å²) in [7, 11) is 0. The summed E-state index contributed by atoms with van der Waals surface area (Å²) in [6, 6.07) is 18.7. The van der Waals surface area contributed by atoms with E-state index >= 15 is 0 Å². The predicted octanol–water partition coefficient (Wildman–Crippen LogP) is 2.63. The Morgan fingerprint density at radius 2 is 1.80 bits per heavy atom. The van der Waals surface area contributed by atoms with E-state index in [1.54, 1.807) is 0 Å². The number of carbonyl (C=O) groups excluding carboxylic acids is 1. The molecule has 0 spiro atoms. The van der Waals surface area contributed by atoms with Crippen LogP contribution in [0.4, 0.5) is 0 Å². The lowest BCUT2D eigenvalue weighted by Crippen LogP contribution is -2.40. The molecule has 0 N–H and O–H groups in total. The average molecular weight is 266 g/mol. The Morgan fingerprint density at radius 1 is 1.05 bits per heavy atom. The van der Waals surface area contributed by atoms with Gasteiger partial charge in [0.25, 0.3) is 5.91 Å². The summed E-state index contributed by atoms with van der Waals surface area (Å²) in [6.07, 6.45) is 0. The minimum absolute atomic E-state index is 0.0805. The van der Waals surface area contributed by atoms with Crippen LogP contribution in [0.5, 0.6) is 0 Å². The van der Waals surface area contributed by atoms with Gasteiger partial charge in [0.1, 0.15) is 0 Å². The minimum atomic E-state index is 0.0805. The van der Waals surface area contributed by atoms with Crippen LogP contribution in [0.25, 0.3) is 11.1 Å². The van der Waals surface area contributed by atoms with Crippen molar-refractivity contribution in [3.8, 4) is 11.1 Å². The highest BCUT2D eigenvalue weighted by atomic mass is 16.5. The lowest BCUT2D eigenvalue weighted by Gasteiger charge is -2.26. The molecule has 1 heterocycles. The van der Waals surface area contributed by atoms with E-state index in [0.29, 0.717) is 26.3 Å². The summed E-state index contributed by atoms with van der Waals surface area (Å²) < 4.78 is 5.26. The molecule has 0 aromatic heterocycles. The van der Waals surface area contributed by atoms with Crippen LogP contribution < -0.4 is 0 Å². The van der Waals surface area contributed by atoms with Crippen molar-refractivity contribution in [2.75, 3.05) is 26.3 Å². The van der Waals surface area contributed by atoms with E-state index in [-0.39, 0.29) is 5.91 Å². The molecule has 2 aromatic rings. The van der Waals surface area contributed by atoms with Gasteiger partial charge in [-0.2, -0.15) is 0 Å². The van der Waals surface area contributed by atoms with E-state index in [2.05, 4.69) is 6.07 Å². The molecule has 101 valence electrons. The number of rotatable bonds is 2. The lowest BCUT2D eigenvalue weighted by molar-refractivity contribution is 0.0303. The molecule has 0 saturated carbocycles. The fraction of sp³-hybridized carbons (Fsp3) is 0.235. The standard InChI is InChI=1S/C17H16NO2/c19-17(18-10-12-20-13-11-18)16-8-6-15(7-9-16)14-4-2-1-3-5-14/h1-4,6-9H,10-13H2. The lowest BCUT2D eigenvalue weighted by atomic mass is 10.0. The monoisotopic (exact) mass is 266 g/mol. The number of ether oxygens (including phenoxy) is 1. The first kappa shape index (κ1) is 12.9. The Balaban J connectivity index is 1.77. The van der Waals surface area contributed by atoms with Gasteiger partial charge < -0.3 is 9.64 Å². The summed E-state index contributed by atoms with van der Waals surface area (Å²) in [6.45, 7) is 2.60. The van der Waals surface area contributed by atoms with Gasteiger partial charge in [-0.3, -0.25) is 4.79 Å². The maximum Gasteiger partial charge on any atom is 0.254 e. The number of morpholine rings is 1. The second-order valence-corrected chi connectivity index (χ2v) is 4.76. The molecular formula is C17H16NO2. The Morgan fingerprint density at radius 3 is 2.45 bits per heavy atom. The molecule has 0 aliphatic carbocycles. The van der Waals surface area contributed by atoms with Gasteiger partial charge in [-0.25, -0.2) is 0 Å². The molecule has 2 aromatic carbocycles. The largest absolute Gasteiger partial charge is 0.378 e. The molecule has 3 rings (SSSR count). The fourth-order valence-electron chi connectivity index (χ4n) is 2.31. The smallest absolute Gasteiger partial charge is 0.254 e. The van der Waals surface area contributed by atoms with Crippen molar-refractivity contribution in [3.05, 3.63) is 60.2 Å². The molecule has 3 nitrogen and oxygen atoms in total. The van der Waals surface area contributed by atoms with Gasteiger partial charge >= 0.3 is 0 Å². The molecular weight excluding hydrogens is 250 g/mol. The van der Waals surface area contributed by atoms with E-state index in [1.165, 1.54) is 0 Å². The van der Waals surface area contributed by atoms with Gasteiger partial charge in [-0.1, -0.05) is 36.4 Å². The van der Waals surface area contributed by atoms with Gasteiger partial charge in [0, 0.05) is 18.7 Å². The molecule has 0 unspecified atom stereocenters. The molecule has 1 aliphatic heterocycles. The van der Waals surface area contributed by atoms with Crippen LogP contribution >= 0.6 is 0 Å². The normalized spacial score (nSPS) is 15.1. The molecule has 3 heteroatoms. The number of benzene rings is 2. The zero-order valence-electron chi connectivity index (χ0n) is 11.2. The van der Waals surface area contributed by atoms with E-state index in [1.807, 2.05) is 53.4 Å². The van der Waals surface area contributed by atoms with Crippen LogP contribution in [0, 0.1) is 6.07 Å². The van der Waals surface area contributed by atoms with Crippen molar-refractivity contribution in [1.29, 1.82) is 0 Å². The molecule has 1 fully saturated rings. The highest BCUT2D eigenvalue weighted by Crippen LogP contribution is 2.19. The van der Waals surface area contributed by atoms with Crippen molar-refractivity contribution < 1.29 is 9.53 Å². The van der Waals surface area contributed by atoms with Crippen LogP contribution in [-0.4, -0.2) is 37.1 Å². The third-order valence-corrected chi connectivity index (χ3v) is 3.45. The summed E-state index contributed by atoms with van der Waals surface area (Å²) in [5, 5.41) is 0. The molecule has 1 radical (unpaired) electrons. The molecule has 1 saturated heterocycles. The summed E-state index contributed by atoms with van der Waals surface area (Å²) >= 11 is 0. The van der Waals surface area contributed by atoms with E-state index in [4.69, 9.17) is 4.74 Å². The Kier molecular flexibility index (Phi) is 3.79. The second-order valence-electron chi connectivity index (χ2n) is 4.76. The van der Waals surface area contributed by atoms with Crippen molar-refractivity contribution in [2.24, 2.45) is 0 Å². The molecule has 20 heavy (non-hydrogen) atoms. The molecule has 0 bridgehead atoms. The zero-order chi connectivity index (χ0) is 13.8. The first-order chi connectivity index (χ1) is 9.84. The molecule has 1 amide bonds. The third kappa shape index (κ3) is 2.73. The number of carbonyl (C=O) groups is 1. The molecule has 1 aliphatic rings. The van der Waals surface area contributed by atoms with Gasteiger partial charge in [0.2, 0.25) is 0 Å². The Bertz CT molecular complexity index is 572. The number of nitrogens with zero attached hydrogens (tertiary/aromatic N) is 1. The SMILES string of the molecule is O=C(c1ccc(-c2[c]cccc2)cc1)N1CCOCC1. The summed E-state index contributed by atoms with van der Waals surface area (Å²) in [5.41, 5.74) is 2.84. The van der Waals surface area contributed by atoms with Crippen LogP contribution in [-0.2, 0) is 4.74 Å². The predicted molar refractivity (Wildman–Crippen MR) is 77.4 cm³/mol. The fourth-order valence-corrected chi connectivity index (χ4v) is 2.31. The number of hydrogen-bond donors (Lipinski definition) is 0. The Hall–Kier alpha value is -2.13. The quantitative estimate of drug-likeness (QED) is 0.836. The summed E-state index contributed by atoms with van der Waals surface area (Å²) in [5.74, 6) is 0.0805. The third-order valence-electron chi connectivity index (χ3n) is 3.45. The van der Waals surface area contributed by atoms with Crippen LogP contribution in [0.3, 0.4) is 0 Å². The van der Waals surface area contributed by atoms with Crippen molar-refractivity contribution in [3.63, 3.8) is 0 Å². The van der Waals surface area contributed by atoms with Crippen molar-refractivity contribution in [2.45, 2.75) is 0 Å². The van der Waals surface area contributed by atoms with E-state index in [9.17, 15) is 4.79 Å². The van der Waals surface area contributed by atoms with Crippen LogP contribution in [0.15, 0.2) is 48.5 Å². The second kappa shape index (κ2) is 5.88. The number of hydrogen-bond acceptors (Lipinski definition) is 2.